The highest BCUT2D eigenvalue weighted by atomic mass is 16.3. The molecule has 1 aromatic heterocycles. The number of aliphatic hydroxyl groups is 1. The summed E-state index contributed by atoms with van der Waals surface area (Å²) in [6.45, 7) is -0.0829. The monoisotopic (exact) mass is 332 g/mol. The van der Waals surface area contributed by atoms with Crippen LogP contribution in [0.1, 0.15) is 11.4 Å². The van der Waals surface area contributed by atoms with E-state index in [0.29, 0.717) is 11.4 Å². The van der Waals surface area contributed by atoms with Crippen molar-refractivity contribution in [2.75, 3.05) is 6.54 Å². The average molecular weight is 332 g/mol. The second kappa shape index (κ2) is 6.89. The van der Waals surface area contributed by atoms with E-state index in [4.69, 9.17) is 0 Å². The number of aliphatic hydroxyl groups excluding tert-OH is 1. The first kappa shape index (κ1) is 16.3. The number of imidazole rings is 1. The van der Waals surface area contributed by atoms with Gasteiger partial charge in [-0.15, -0.1) is 0 Å². The van der Waals surface area contributed by atoms with Crippen molar-refractivity contribution in [2.45, 2.75) is 0 Å². The Kier molecular flexibility index (Phi) is 4.48. The normalized spacial score (nSPS) is 12.3. The fourth-order valence-electron chi connectivity index (χ4n) is 2.52. The van der Waals surface area contributed by atoms with E-state index in [9.17, 15) is 15.5 Å². The van der Waals surface area contributed by atoms with Crippen molar-refractivity contribution in [1.82, 2.24) is 9.55 Å². The summed E-state index contributed by atoms with van der Waals surface area (Å²) >= 11 is 0. The number of aryl methyl sites for hydroxylation is 1. The minimum absolute atomic E-state index is 0.0770. The second-order valence-corrected chi connectivity index (χ2v) is 5.45. The third-order valence-corrected chi connectivity index (χ3v) is 3.82. The lowest BCUT2D eigenvalue weighted by Gasteiger charge is -2.03. The molecule has 6 nitrogen and oxygen atoms in total. The highest BCUT2D eigenvalue weighted by molar-refractivity contribution is 5.85. The summed E-state index contributed by atoms with van der Waals surface area (Å²) in [5, 5.41) is 29.4. The molecule has 3 aromatic rings. The first-order chi connectivity index (χ1) is 12.1. The summed E-state index contributed by atoms with van der Waals surface area (Å²) in [5.74, 6) is 0.317. The predicted octanol–water partition coefficient (Wildman–Crippen LogP) is 3.19. The van der Waals surface area contributed by atoms with E-state index in [-0.39, 0.29) is 23.6 Å². The van der Waals surface area contributed by atoms with Crippen molar-refractivity contribution in [1.29, 1.82) is 5.26 Å². The van der Waals surface area contributed by atoms with Crippen LogP contribution in [0.15, 0.2) is 59.3 Å². The molecule has 25 heavy (non-hydrogen) atoms. The minimum atomic E-state index is -0.174. The number of hydrogen-bond donors (Lipinski definition) is 2. The summed E-state index contributed by atoms with van der Waals surface area (Å²) in [4.78, 5) is 8.51. The molecule has 6 heteroatoms. The number of rotatable bonds is 4. The molecule has 0 unspecified atom stereocenters. The quantitative estimate of drug-likeness (QED) is 0.436. The number of nitriles is 1. The third kappa shape index (κ3) is 3.21. The van der Waals surface area contributed by atoms with Crippen LogP contribution in [0.4, 0.5) is 0 Å². The van der Waals surface area contributed by atoms with Crippen LogP contribution in [0, 0.1) is 11.3 Å². The molecule has 124 valence electrons. The largest absolute Gasteiger partial charge is 0.509 e. The van der Waals surface area contributed by atoms with Crippen LogP contribution in [0.5, 0.6) is 5.75 Å². The number of phenols is 1. The van der Waals surface area contributed by atoms with Crippen LogP contribution in [-0.2, 0) is 7.05 Å². The zero-order chi connectivity index (χ0) is 17.8. The fourth-order valence-corrected chi connectivity index (χ4v) is 2.52. The van der Waals surface area contributed by atoms with Crippen molar-refractivity contribution in [3.05, 3.63) is 65.7 Å². The molecular formula is C19H16N4O2. The Labute approximate surface area is 144 Å². The molecule has 0 saturated heterocycles. The summed E-state index contributed by atoms with van der Waals surface area (Å²) in [6, 6.07) is 16.2. The van der Waals surface area contributed by atoms with E-state index in [2.05, 4.69) is 9.98 Å². The van der Waals surface area contributed by atoms with E-state index >= 15 is 0 Å². The highest BCUT2D eigenvalue weighted by Gasteiger charge is 2.15. The van der Waals surface area contributed by atoms with Gasteiger partial charge in [-0.2, -0.15) is 5.26 Å². The number of aromatic hydroxyl groups is 1. The van der Waals surface area contributed by atoms with Gasteiger partial charge in [0.25, 0.3) is 0 Å². The Bertz CT molecular complexity index is 1030. The number of para-hydroxylation sites is 3. The number of aromatic nitrogens is 2. The van der Waals surface area contributed by atoms with Gasteiger partial charge in [0, 0.05) is 18.8 Å². The Morgan fingerprint density at radius 3 is 2.68 bits per heavy atom. The lowest BCUT2D eigenvalue weighted by molar-refractivity contribution is 0.407. The van der Waals surface area contributed by atoms with Gasteiger partial charge in [0.05, 0.1) is 17.6 Å². The molecule has 2 aromatic carbocycles. The van der Waals surface area contributed by atoms with E-state index < -0.39 is 0 Å². The van der Waals surface area contributed by atoms with Gasteiger partial charge in [-0.3, -0.25) is 4.99 Å². The van der Waals surface area contributed by atoms with Crippen molar-refractivity contribution in [2.24, 2.45) is 12.0 Å². The van der Waals surface area contributed by atoms with Gasteiger partial charge >= 0.3 is 0 Å². The summed E-state index contributed by atoms with van der Waals surface area (Å²) in [5.41, 5.74) is 2.23. The maximum atomic E-state index is 10.3. The van der Waals surface area contributed by atoms with Crippen LogP contribution in [-0.4, -0.2) is 32.5 Å². The lowest BCUT2D eigenvalue weighted by atomic mass is 10.2. The fraction of sp³-hybridized carbons (Fsp3) is 0.105. The molecule has 0 aliphatic rings. The average Bonchev–Trinajstić information content (AvgIpc) is 2.94. The zero-order valence-electron chi connectivity index (χ0n) is 13.6. The number of aliphatic imine (C=N–C) groups is 1. The molecule has 0 spiro atoms. The number of hydrogen-bond acceptors (Lipinski definition) is 5. The second-order valence-electron chi connectivity index (χ2n) is 5.45. The molecule has 0 fully saturated rings. The Hall–Kier alpha value is -3.59. The Morgan fingerprint density at radius 1 is 1.24 bits per heavy atom. The van der Waals surface area contributed by atoms with Gasteiger partial charge in [-0.1, -0.05) is 24.3 Å². The van der Waals surface area contributed by atoms with Crippen LogP contribution in [0.25, 0.3) is 16.6 Å². The SMILES string of the molecule is Cn1c(C(C#N)=C(O)CN=Cc2ccccc2O)nc2ccccc21. The van der Waals surface area contributed by atoms with Gasteiger partial charge in [-0.25, -0.2) is 4.98 Å². The molecule has 2 N–H and O–H groups in total. The van der Waals surface area contributed by atoms with Gasteiger partial charge in [0.2, 0.25) is 0 Å². The Balaban J connectivity index is 1.91. The number of benzene rings is 2. The van der Waals surface area contributed by atoms with Gasteiger partial charge in [-0.05, 0) is 24.3 Å². The topological polar surface area (TPSA) is 94.4 Å². The first-order valence-electron chi connectivity index (χ1n) is 7.63. The number of nitrogens with zero attached hydrogens (tertiary/aromatic N) is 4. The van der Waals surface area contributed by atoms with Crippen molar-refractivity contribution in [3.63, 3.8) is 0 Å². The van der Waals surface area contributed by atoms with E-state index in [1.807, 2.05) is 30.3 Å². The van der Waals surface area contributed by atoms with Crippen molar-refractivity contribution >= 4 is 22.8 Å². The molecule has 0 saturated carbocycles. The third-order valence-electron chi connectivity index (χ3n) is 3.82. The van der Waals surface area contributed by atoms with E-state index in [1.54, 1.807) is 35.9 Å². The van der Waals surface area contributed by atoms with Crippen LogP contribution in [0.2, 0.25) is 0 Å². The zero-order valence-corrected chi connectivity index (χ0v) is 13.6. The van der Waals surface area contributed by atoms with Gasteiger partial charge < -0.3 is 14.8 Å². The van der Waals surface area contributed by atoms with Crippen LogP contribution < -0.4 is 0 Å². The molecule has 0 aliphatic heterocycles. The van der Waals surface area contributed by atoms with Crippen molar-refractivity contribution < 1.29 is 10.2 Å². The van der Waals surface area contributed by atoms with E-state index in [0.717, 1.165) is 11.0 Å². The summed E-state index contributed by atoms with van der Waals surface area (Å²) in [7, 11) is 1.79. The van der Waals surface area contributed by atoms with Crippen molar-refractivity contribution in [3.8, 4) is 11.8 Å². The molecule has 0 amide bonds. The molecule has 1 heterocycles. The molecular weight excluding hydrogens is 316 g/mol. The Morgan fingerprint density at radius 2 is 1.96 bits per heavy atom. The molecule has 3 rings (SSSR count). The van der Waals surface area contributed by atoms with Gasteiger partial charge in [0.15, 0.2) is 5.82 Å². The lowest BCUT2D eigenvalue weighted by Crippen LogP contribution is -2.01. The van der Waals surface area contributed by atoms with E-state index in [1.165, 1.54) is 6.21 Å². The highest BCUT2D eigenvalue weighted by Crippen LogP contribution is 2.22. The predicted molar refractivity (Wildman–Crippen MR) is 96.4 cm³/mol. The molecule has 0 atom stereocenters. The molecule has 0 bridgehead atoms. The maximum Gasteiger partial charge on any atom is 0.155 e. The summed E-state index contributed by atoms with van der Waals surface area (Å²) in [6.07, 6.45) is 1.45. The number of fused-ring (bicyclic) bond motifs is 1. The van der Waals surface area contributed by atoms with Crippen LogP contribution >= 0.6 is 0 Å². The number of allylic oxidation sites excluding steroid dienone is 1. The molecule has 0 radical (unpaired) electrons. The maximum absolute atomic E-state index is 10.3. The number of phenolic OH excluding ortho intramolecular Hbond substituents is 1. The van der Waals surface area contributed by atoms with Crippen LogP contribution in [0.3, 0.4) is 0 Å². The summed E-state index contributed by atoms with van der Waals surface area (Å²) < 4.78 is 1.76. The standard InChI is InChI=1S/C19H16N4O2/c1-23-16-8-4-3-7-15(16)22-19(23)14(10-20)18(25)12-21-11-13-6-2-5-9-17(13)24/h2-9,11,24-25H,12H2,1H3. The smallest absolute Gasteiger partial charge is 0.155 e. The van der Waals surface area contributed by atoms with Gasteiger partial charge in [0.1, 0.15) is 23.2 Å². The minimum Gasteiger partial charge on any atom is -0.509 e. The molecule has 0 aliphatic carbocycles. The first-order valence-corrected chi connectivity index (χ1v) is 7.63.